The van der Waals surface area contributed by atoms with Gasteiger partial charge in [-0.3, -0.25) is 0 Å². The molecule has 0 aliphatic carbocycles. The highest BCUT2D eigenvalue weighted by Gasteiger charge is 2.10. The van der Waals surface area contributed by atoms with Gasteiger partial charge in [-0.15, -0.1) is 0 Å². The zero-order chi connectivity index (χ0) is 13.1. The standard InChI is InChI=1S/C14H17N3O/c1-9-10(2)17-14(15-3)13(16-9)11-6-5-7-12(8-11)18-4/h5-8H,1-4H3,(H,15,17). The van der Waals surface area contributed by atoms with E-state index in [1.165, 1.54) is 0 Å². The van der Waals surface area contributed by atoms with Crippen LogP contribution in [0, 0.1) is 13.8 Å². The van der Waals surface area contributed by atoms with Crippen LogP contribution in [0.2, 0.25) is 0 Å². The first-order valence-electron chi connectivity index (χ1n) is 5.83. The topological polar surface area (TPSA) is 47.0 Å². The first-order chi connectivity index (χ1) is 8.65. The Kier molecular flexibility index (Phi) is 3.46. The number of nitrogens with one attached hydrogen (secondary N) is 1. The Morgan fingerprint density at radius 2 is 1.83 bits per heavy atom. The molecule has 18 heavy (non-hydrogen) atoms. The van der Waals surface area contributed by atoms with E-state index in [4.69, 9.17) is 4.74 Å². The van der Waals surface area contributed by atoms with Gasteiger partial charge in [-0.05, 0) is 26.0 Å². The number of benzene rings is 1. The summed E-state index contributed by atoms with van der Waals surface area (Å²) in [6, 6.07) is 7.82. The molecule has 94 valence electrons. The molecule has 1 N–H and O–H groups in total. The highest BCUT2D eigenvalue weighted by atomic mass is 16.5. The van der Waals surface area contributed by atoms with Crippen LogP contribution in [0.5, 0.6) is 5.75 Å². The molecule has 0 radical (unpaired) electrons. The van der Waals surface area contributed by atoms with Gasteiger partial charge in [0.1, 0.15) is 11.4 Å². The van der Waals surface area contributed by atoms with Crippen LogP contribution in [0.4, 0.5) is 5.82 Å². The van der Waals surface area contributed by atoms with Gasteiger partial charge in [-0.1, -0.05) is 12.1 Å². The van der Waals surface area contributed by atoms with Crippen molar-refractivity contribution in [1.29, 1.82) is 0 Å². The van der Waals surface area contributed by atoms with Gasteiger partial charge >= 0.3 is 0 Å². The minimum Gasteiger partial charge on any atom is -0.497 e. The van der Waals surface area contributed by atoms with Gasteiger partial charge < -0.3 is 10.1 Å². The number of ether oxygens (including phenoxy) is 1. The van der Waals surface area contributed by atoms with E-state index in [0.29, 0.717) is 0 Å². The Morgan fingerprint density at radius 3 is 2.50 bits per heavy atom. The maximum Gasteiger partial charge on any atom is 0.152 e. The third kappa shape index (κ3) is 2.27. The molecule has 0 amide bonds. The highest BCUT2D eigenvalue weighted by molar-refractivity contribution is 5.72. The average Bonchev–Trinajstić information content (AvgIpc) is 2.41. The summed E-state index contributed by atoms with van der Waals surface area (Å²) in [4.78, 5) is 9.12. The molecule has 0 spiro atoms. The van der Waals surface area contributed by atoms with Gasteiger partial charge in [-0.25, -0.2) is 9.97 Å². The van der Waals surface area contributed by atoms with Crippen LogP contribution in [0.15, 0.2) is 24.3 Å². The molecule has 0 bridgehead atoms. The van der Waals surface area contributed by atoms with Crippen LogP contribution in [0.25, 0.3) is 11.3 Å². The number of aryl methyl sites for hydroxylation is 2. The molecular formula is C14H17N3O. The Labute approximate surface area is 107 Å². The van der Waals surface area contributed by atoms with E-state index in [0.717, 1.165) is 34.2 Å². The molecule has 0 saturated heterocycles. The van der Waals surface area contributed by atoms with Crippen LogP contribution in [0.1, 0.15) is 11.4 Å². The van der Waals surface area contributed by atoms with Crippen molar-refractivity contribution >= 4 is 5.82 Å². The molecule has 0 fully saturated rings. The second kappa shape index (κ2) is 5.04. The summed E-state index contributed by atoms with van der Waals surface area (Å²) >= 11 is 0. The number of methoxy groups -OCH3 is 1. The molecule has 2 rings (SSSR count). The van der Waals surface area contributed by atoms with Crippen molar-refractivity contribution in [2.75, 3.05) is 19.5 Å². The minimum absolute atomic E-state index is 0.784. The fraction of sp³-hybridized carbons (Fsp3) is 0.286. The van der Waals surface area contributed by atoms with Gasteiger partial charge in [0.05, 0.1) is 18.5 Å². The monoisotopic (exact) mass is 243 g/mol. The molecule has 0 aliphatic heterocycles. The fourth-order valence-electron chi connectivity index (χ4n) is 1.75. The summed E-state index contributed by atoms with van der Waals surface area (Å²) in [5, 5.41) is 3.09. The zero-order valence-corrected chi connectivity index (χ0v) is 11.1. The van der Waals surface area contributed by atoms with Gasteiger partial charge in [0.25, 0.3) is 0 Å². The number of nitrogens with zero attached hydrogens (tertiary/aromatic N) is 2. The lowest BCUT2D eigenvalue weighted by Crippen LogP contribution is -2.02. The summed E-state index contributed by atoms with van der Waals surface area (Å²) < 4.78 is 5.24. The average molecular weight is 243 g/mol. The number of rotatable bonds is 3. The Balaban J connectivity index is 2.58. The lowest BCUT2D eigenvalue weighted by Gasteiger charge is -2.11. The summed E-state index contributed by atoms with van der Waals surface area (Å²) in [6.45, 7) is 3.92. The van der Waals surface area contributed by atoms with Crippen LogP contribution in [-0.4, -0.2) is 24.1 Å². The van der Waals surface area contributed by atoms with Crippen molar-refractivity contribution in [1.82, 2.24) is 9.97 Å². The van der Waals surface area contributed by atoms with E-state index in [2.05, 4.69) is 15.3 Å². The SMILES string of the molecule is CNc1nc(C)c(C)nc1-c1cccc(OC)c1. The first-order valence-corrected chi connectivity index (χ1v) is 5.83. The molecule has 1 heterocycles. The lowest BCUT2D eigenvalue weighted by molar-refractivity contribution is 0.415. The van der Waals surface area contributed by atoms with E-state index in [-0.39, 0.29) is 0 Å². The second-order valence-electron chi connectivity index (χ2n) is 4.07. The molecule has 0 saturated carbocycles. The molecular weight excluding hydrogens is 226 g/mol. The minimum atomic E-state index is 0.784. The van der Waals surface area contributed by atoms with Crippen molar-refractivity contribution in [3.63, 3.8) is 0 Å². The van der Waals surface area contributed by atoms with Crippen LogP contribution in [-0.2, 0) is 0 Å². The number of hydrogen-bond acceptors (Lipinski definition) is 4. The maximum atomic E-state index is 5.24. The second-order valence-corrected chi connectivity index (χ2v) is 4.07. The molecule has 0 aliphatic rings. The van der Waals surface area contributed by atoms with Crippen LogP contribution in [0.3, 0.4) is 0 Å². The van der Waals surface area contributed by atoms with Crippen LogP contribution < -0.4 is 10.1 Å². The number of hydrogen-bond donors (Lipinski definition) is 1. The van der Waals surface area contributed by atoms with Gasteiger partial charge in [0.15, 0.2) is 5.82 Å². The quantitative estimate of drug-likeness (QED) is 0.900. The summed E-state index contributed by atoms with van der Waals surface area (Å²) in [5.74, 6) is 1.60. The molecule has 4 heteroatoms. The van der Waals surface area contributed by atoms with Crippen molar-refractivity contribution < 1.29 is 4.74 Å². The zero-order valence-electron chi connectivity index (χ0n) is 11.1. The number of anilines is 1. The predicted octanol–water partition coefficient (Wildman–Crippen LogP) is 2.81. The van der Waals surface area contributed by atoms with E-state index >= 15 is 0 Å². The van der Waals surface area contributed by atoms with Gasteiger partial charge in [0, 0.05) is 12.6 Å². The van der Waals surface area contributed by atoms with Gasteiger partial charge in [-0.2, -0.15) is 0 Å². The molecule has 0 atom stereocenters. The van der Waals surface area contributed by atoms with E-state index in [1.807, 2.05) is 45.2 Å². The third-order valence-electron chi connectivity index (χ3n) is 2.89. The lowest BCUT2D eigenvalue weighted by atomic mass is 10.1. The van der Waals surface area contributed by atoms with E-state index < -0.39 is 0 Å². The van der Waals surface area contributed by atoms with Crippen molar-refractivity contribution in [3.8, 4) is 17.0 Å². The Hall–Kier alpha value is -2.10. The highest BCUT2D eigenvalue weighted by Crippen LogP contribution is 2.27. The largest absolute Gasteiger partial charge is 0.497 e. The molecule has 2 aromatic rings. The molecule has 0 unspecified atom stereocenters. The third-order valence-corrected chi connectivity index (χ3v) is 2.89. The van der Waals surface area contributed by atoms with E-state index in [1.54, 1.807) is 7.11 Å². The smallest absolute Gasteiger partial charge is 0.152 e. The molecule has 1 aromatic carbocycles. The van der Waals surface area contributed by atoms with Gasteiger partial charge in [0.2, 0.25) is 0 Å². The summed E-state index contributed by atoms with van der Waals surface area (Å²) in [6.07, 6.45) is 0. The van der Waals surface area contributed by atoms with Crippen LogP contribution >= 0.6 is 0 Å². The molecule has 4 nitrogen and oxygen atoms in total. The first kappa shape index (κ1) is 12.4. The van der Waals surface area contributed by atoms with Crippen molar-refractivity contribution in [2.24, 2.45) is 0 Å². The Bertz CT molecular complexity index is 567. The summed E-state index contributed by atoms with van der Waals surface area (Å²) in [7, 11) is 3.51. The van der Waals surface area contributed by atoms with Crippen molar-refractivity contribution in [3.05, 3.63) is 35.7 Å². The normalized spacial score (nSPS) is 10.2. The van der Waals surface area contributed by atoms with Crippen molar-refractivity contribution in [2.45, 2.75) is 13.8 Å². The predicted molar refractivity (Wildman–Crippen MR) is 73.0 cm³/mol. The molecule has 1 aromatic heterocycles. The summed E-state index contributed by atoms with van der Waals surface area (Å²) in [5.41, 5.74) is 3.71. The maximum absolute atomic E-state index is 5.24. The Morgan fingerprint density at radius 1 is 1.11 bits per heavy atom. The van der Waals surface area contributed by atoms with E-state index in [9.17, 15) is 0 Å². The fourth-order valence-corrected chi connectivity index (χ4v) is 1.75. The number of aromatic nitrogens is 2.